The molecule has 4 rings (SSSR count). The third kappa shape index (κ3) is 6.00. The van der Waals surface area contributed by atoms with Crippen LogP contribution in [0.15, 0.2) is 89.8 Å². The number of ether oxygens (including phenoxy) is 2. The summed E-state index contributed by atoms with van der Waals surface area (Å²) in [6.07, 6.45) is 1.73. The lowest BCUT2D eigenvalue weighted by Gasteiger charge is -2.15. The van der Waals surface area contributed by atoms with Crippen molar-refractivity contribution in [3.05, 3.63) is 101 Å². The molecule has 33 heavy (non-hydrogen) atoms. The van der Waals surface area contributed by atoms with Gasteiger partial charge in [-0.05, 0) is 60.3 Å². The van der Waals surface area contributed by atoms with Crippen molar-refractivity contribution in [3.8, 4) is 11.5 Å². The smallest absolute Gasteiger partial charge is 0.285 e. The maximum atomic E-state index is 12.7. The zero-order valence-corrected chi connectivity index (χ0v) is 19.1. The van der Waals surface area contributed by atoms with Gasteiger partial charge in [-0.15, -0.1) is 0 Å². The summed E-state index contributed by atoms with van der Waals surface area (Å²) in [6.45, 7) is 0.844. The Morgan fingerprint density at radius 3 is 2.09 bits per heavy atom. The van der Waals surface area contributed by atoms with E-state index in [9.17, 15) is 9.59 Å². The summed E-state index contributed by atoms with van der Waals surface area (Å²) in [6, 6.07) is 25.6. The summed E-state index contributed by atoms with van der Waals surface area (Å²) in [4.78, 5) is 25.5. The van der Waals surface area contributed by atoms with Crippen LogP contribution in [0.4, 0.5) is 0 Å². The third-order valence-electron chi connectivity index (χ3n) is 4.58. The molecule has 1 aliphatic rings. The summed E-state index contributed by atoms with van der Waals surface area (Å²) < 4.78 is 11.6. The number of nitrogens with zero attached hydrogens (tertiary/aromatic N) is 1. The van der Waals surface area contributed by atoms with Gasteiger partial charge in [0.2, 0.25) is 0 Å². The van der Waals surface area contributed by atoms with Gasteiger partial charge in [0.25, 0.3) is 11.8 Å². The molecule has 1 heterocycles. The zero-order valence-electron chi connectivity index (χ0n) is 17.5. The molecule has 1 aliphatic heterocycles. The minimum Gasteiger partial charge on any atom is -0.490 e. The van der Waals surface area contributed by atoms with Crippen molar-refractivity contribution in [3.63, 3.8) is 0 Å². The lowest BCUT2D eigenvalue weighted by Crippen LogP contribution is -2.44. The number of thiocarbonyl (C=S) groups is 1. The highest BCUT2D eigenvalue weighted by molar-refractivity contribution is 8.26. The average molecular weight is 477 g/mol. The first-order valence-corrected chi connectivity index (χ1v) is 11.4. The second-order valence-electron chi connectivity index (χ2n) is 6.90. The van der Waals surface area contributed by atoms with Crippen molar-refractivity contribution in [1.82, 2.24) is 10.4 Å². The molecule has 0 atom stereocenters. The first kappa shape index (κ1) is 22.6. The van der Waals surface area contributed by atoms with E-state index in [2.05, 4.69) is 5.43 Å². The minimum absolute atomic E-state index is 0.272. The third-order valence-corrected chi connectivity index (χ3v) is 5.89. The molecule has 0 aromatic heterocycles. The van der Waals surface area contributed by atoms with Gasteiger partial charge in [-0.25, -0.2) is 0 Å². The van der Waals surface area contributed by atoms with Gasteiger partial charge in [-0.3, -0.25) is 15.0 Å². The number of amides is 2. The maximum Gasteiger partial charge on any atom is 0.285 e. The molecule has 166 valence electrons. The summed E-state index contributed by atoms with van der Waals surface area (Å²) in [5.74, 6) is 0.735. The van der Waals surface area contributed by atoms with Crippen molar-refractivity contribution in [2.45, 2.75) is 0 Å². The van der Waals surface area contributed by atoms with Crippen LogP contribution < -0.4 is 14.9 Å². The van der Waals surface area contributed by atoms with Crippen LogP contribution in [0.5, 0.6) is 11.5 Å². The number of thioether (sulfide) groups is 1. The average Bonchev–Trinajstić information content (AvgIpc) is 3.11. The zero-order chi connectivity index (χ0) is 23.0. The van der Waals surface area contributed by atoms with Crippen molar-refractivity contribution < 1.29 is 19.1 Å². The summed E-state index contributed by atoms with van der Waals surface area (Å²) in [5.41, 5.74) is 3.83. The van der Waals surface area contributed by atoms with Crippen molar-refractivity contribution in [1.29, 1.82) is 0 Å². The lowest BCUT2D eigenvalue weighted by molar-refractivity contribution is -0.123. The van der Waals surface area contributed by atoms with E-state index < -0.39 is 5.91 Å². The number of hydrazine groups is 1. The number of carbonyl (C=O) groups excluding carboxylic acids is 2. The fraction of sp³-hybridized carbons (Fsp3) is 0.0800. The minimum atomic E-state index is -0.397. The van der Waals surface area contributed by atoms with Crippen LogP contribution in [0.25, 0.3) is 6.08 Å². The number of rotatable bonds is 8. The van der Waals surface area contributed by atoms with Crippen LogP contribution >= 0.6 is 24.0 Å². The number of carbonyl (C=O) groups is 2. The van der Waals surface area contributed by atoms with E-state index in [0.717, 1.165) is 28.1 Å². The molecular weight excluding hydrogens is 456 g/mol. The summed E-state index contributed by atoms with van der Waals surface area (Å²) in [5, 5.41) is 1.10. The molecule has 0 unspecified atom stereocenters. The normalized spacial score (nSPS) is 14.4. The second-order valence-corrected chi connectivity index (χ2v) is 8.58. The van der Waals surface area contributed by atoms with E-state index >= 15 is 0 Å². The molecule has 0 aliphatic carbocycles. The van der Waals surface area contributed by atoms with E-state index in [1.807, 2.05) is 60.7 Å². The molecule has 0 spiro atoms. The van der Waals surface area contributed by atoms with Crippen LogP contribution in [0.1, 0.15) is 15.9 Å². The number of para-hydroxylation sites is 1. The molecular formula is C25H20N2O4S2. The summed E-state index contributed by atoms with van der Waals surface area (Å²) >= 11 is 6.41. The Balaban J connectivity index is 1.31. The first-order chi connectivity index (χ1) is 16.1. The van der Waals surface area contributed by atoms with Gasteiger partial charge < -0.3 is 9.47 Å². The van der Waals surface area contributed by atoms with Gasteiger partial charge in [-0.1, -0.05) is 60.3 Å². The van der Waals surface area contributed by atoms with Crippen LogP contribution in [-0.4, -0.2) is 34.4 Å². The predicted octanol–water partition coefficient (Wildman–Crippen LogP) is 4.69. The fourth-order valence-corrected chi connectivity index (χ4v) is 4.15. The number of hydrogen-bond donors (Lipinski definition) is 1. The van der Waals surface area contributed by atoms with Crippen molar-refractivity contribution in [2.24, 2.45) is 0 Å². The molecule has 1 N–H and O–H groups in total. The Kier molecular flexibility index (Phi) is 7.39. The standard InChI is InChI=1S/C25H20N2O4S2/c28-23(19-7-3-1-4-8-19)26-27-24(29)22(33-25(27)32)17-18-11-13-21(14-12-18)31-16-15-30-20-9-5-2-6-10-20/h1-14,17H,15-16H2,(H,26,28). The van der Waals surface area contributed by atoms with Gasteiger partial charge in [0.15, 0.2) is 4.32 Å². The molecule has 0 bridgehead atoms. The number of benzene rings is 3. The molecule has 3 aromatic rings. The molecule has 0 saturated carbocycles. The Bertz CT molecular complexity index is 1170. The van der Waals surface area contributed by atoms with Crippen LogP contribution in [-0.2, 0) is 4.79 Å². The Morgan fingerprint density at radius 1 is 0.879 bits per heavy atom. The first-order valence-electron chi connectivity index (χ1n) is 10.1. The monoisotopic (exact) mass is 476 g/mol. The van der Waals surface area contributed by atoms with Crippen LogP contribution in [0.2, 0.25) is 0 Å². The molecule has 1 saturated heterocycles. The Labute approximate surface area is 201 Å². The lowest BCUT2D eigenvalue weighted by atomic mass is 10.2. The molecule has 0 radical (unpaired) electrons. The molecule has 1 fully saturated rings. The van der Waals surface area contributed by atoms with Gasteiger partial charge in [-0.2, -0.15) is 5.01 Å². The Hall–Kier alpha value is -3.62. The number of nitrogens with one attached hydrogen (secondary N) is 1. The summed E-state index contributed by atoms with van der Waals surface area (Å²) in [7, 11) is 0. The van der Waals surface area contributed by atoms with Crippen molar-refractivity contribution >= 4 is 46.2 Å². The maximum absolute atomic E-state index is 12.7. The van der Waals surface area contributed by atoms with Crippen molar-refractivity contribution in [2.75, 3.05) is 13.2 Å². The van der Waals surface area contributed by atoms with E-state index in [4.69, 9.17) is 21.7 Å². The van der Waals surface area contributed by atoms with E-state index in [1.54, 1.807) is 30.3 Å². The van der Waals surface area contributed by atoms with Gasteiger partial charge in [0.1, 0.15) is 24.7 Å². The highest BCUT2D eigenvalue weighted by Crippen LogP contribution is 2.31. The van der Waals surface area contributed by atoms with Gasteiger partial charge in [0.05, 0.1) is 4.91 Å². The van der Waals surface area contributed by atoms with Gasteiger partial charge >= 0.3 is 0 Å². The topological polar surface area (TPSA) is 67.9 Å². The number of hydrogen-bond acceptors (Lipinski definition) is 6. The van der Waals surface area contributed by atoms with Crippen LogP contribution in [0, 0.1) is 0 Å². The molecule has 3 aromatic carbocycles. The predicted molar refractivity (Wildman–Crippen MR) is 133 cm³/mol. The van der Waals surface area contributed by atoms with Gasteiger partial charge in [0, 0.05) is 5.56 Å². The SMILES string of the molecule is O=C(NN1C(=O)C(=Cc2ccc(OCCOc3ccccc3)cc2)SC1=S)c1ccccc1. The molecule has 6 nitrogen and oxygen atoms in total. The molecule has 8 heteroatoms. The van der Waals surface area contributed by atoms with E-state index in [1.165, 1.54) is 0 Å². The quantitative estimate of drug-likeness (QED) is 0.289. The molecule has 2 amide bonds. The second kappa shape index (κ2) is 10.8. The van der Waals surface area contributed by atoms with Crippen LogP contribution in [0.3, 0.4) is 0 Å². The largest absolute Gasteiger partial charge is 0.490 e. The highest BCUT2D eigenvalue weighted by Gasteiger charge is 2.33. The fourth-order valence-electron chi connectivity index (χ4n) is 2.97. The Morgan fingerprint density at radius 2 is 1.45 bits per heavy atom. The van der Waals surface area contributed by atoms with E-state index in [0.29, 0.717) is 29.4 Å². The highest BCUT2D eigenvalue weighted by atomic mass is 32.2. The van der Waals surface area contributed by atoms with E-state index in [-0.39, 0.29) is 10.2 Å².